The molecule has 0 spiro atoms. The molecule has 0 aliphatic carbocycles. The molecule has 114 valence electrons. The molecule has 2 aromatic heterocycles. The van der Waals surface area contributed by atoms with E-state index in [1.807, 2.05) is 30.8 Å². The minimum Gasteiger partial charge on any atom is -0.357 e. The smallest absolute Gasteiger partial charge is 0.191 e. The highest BCUT2D eigenvalue weighted by Crippen LogP contribution is 2.17. The number of guanidine groups is 1. The summed E-state index contributed by atoms with van der Waals surface area (Å²) in [6, 6.07) is 1.92. The predicted molar refractivity (Wildman–Crippen MR) is 86.6 cm³/mol. The van der Waals surface area contributed by atoms with Gasteiger partial charge in [-0.05, 0) is 26.8 Å². The molecule has 0 aromatic carbocycles. The van der Waals surface area contributed by atoms with Crippen LogP contribution in [0.2, 0.25) is 0 Å². The van der Waals surface area contributed by atoms with Gasteiger partial charge in [-0.3, -0.25) is 4.68 Å². The van der Waals surface area contributed by atoms with Gasteiger partial charge in [-0.15, -0.1) is 11.3 Å². The van der Waals surface area contributed by atoms with Gasteiger partial charge in [0.05, 0.1) is 23.8 Å². The van der Waals surface area contributed by atoms with Crippen LogP contribution in [0, 0.1) is 13.8 Å². The second-order valence-electron chi connectivity index (χ2n) is 4.63. The Labute approximate surface area is 129 Å². The van der Waals surface area contributed by atoms with Crippen LogP contribution in [0.25, 0.3) is 0 Å². The van der Waals surface area contributed by atoms with E-state index in [9.17, 15) is 0 Å². The SMILES string of the molecule is CCNC(=NCc1sc(C)nc1C)NCCn1cccn1. The van der Waals surface area contributed by atoms with Crippen LogP contribution in [0.3, 0.4) is 0 Å². The van der Waals surface area contributed by atoms with Crippen LogP contribution in [-0.4, -0.2) is 33.8 Å². The minimum absolute atomic E-state index is 0.661. The molecule has 2 heterocycles. The van der Waals surface area contributed by atoms with Gasteiger partial charge in [-0.2, -0.15) is 5.10 Å². The summed E-state index contributed by atoms with van der Waals surface area (Å²) >= 11 is 1.71. The van der Waals surface area contributed by atoms with E-state index in [0.29, 0.717) is 6.54 Å². The molecule has 0 aliphatic rings. The fourth-order valence-corrected chi connectivity index (χ4v) is 2.80. The van der Waals surface area contributed by atoms with E-state index in [4.69, 9.17) is 0 Å². The van der Waals surface area contributed by atoms with Crippen molar-refractivity contribution in [2.75, 3.05) is 13.1 Å². The number of aliphatic imine (C=N–C) groups is 1. The molecule has 0 saturated heterocycles. The molecule has 0 amide bonds. The van der Waals surface area contributed by atoms with Crippen molar-refractivity contribution in [3.05, 3.63) is 34.0 Å². The van der Waals surface area contributed by atoms with Crippen molar-refractivity contribution in [1.29, 1.82) is 0 Å². The number of aryl methyl sites for hydroxylation is 2. The molecule has 2 rings (SSSR count). The van der Waals surface area contributed by atoms with Gasteiger partial charge in [0.25, 0.3) is 0 Å². The second-order valence-corrected chi connectivity index (χ2v) is 5.92. The van der Waals surface area contributed by atoms with Crippen molar-refractivity contribution in [3.63, 3.8) is 0 Å². The third-order valence-electron chi connectivity index (χ3n) is 2.92. The van der Waals surface area contributed by atoms with Gasteiger partial charge < -0.3 is 10.6 Å². The van der Waals surface area contributed by atoms with Crippen molar-refractivity contribution in [1.82, 2.24) is 25.4 Å². The van der Waals surface area contributed by atoms with Crippen LogP contribution in [0.4, 0.5) is 0 Å². The summed E-state index contributed by atoms with van der Waals surface area (Å²) in [7, 11) is 0. The Kier molecular flexibility index (Phi) is 5.74. The first-order chi connectivity index (χ1) is 10.2. The lowest BCUT2D eigenvalue weighted by Crippen LogP contribution is -2.38. The van der Waals surface area contributed by atoms with E-state index in [-0.39, 0.29) is 0 Å². The maximum Gasteiger partial charge on any atom is 0.191 e. The van der Waals surface area contributed by atoms with Crippen LogP contribution in [0.5, 0.6) is 0 Å². The third-order valence-corrected chi connectivity index (χ3v) is 3.97. The zero-order chi connectivity index (χ0) is 15.1. The molecule has 2 aromatic rings. The average molecular weight is 306 g/mol. The average Bonchev–Trinajstić information content (AvgIpc) is 3.06. The van der Waals surface area contributed by atoms with Crippen molar-refractivity contribution < 1.29 is 0 Å². The predicted octanol–water partition coefficient (Wildman–Crippen LogP) is 1.71. The summed E-state index contributed by atoms with van der Waals surface area (Å²) in [5.41, 5.74) is 1.08. The van der Waals surface area contributed by atoms with Gasteiger partial charge >= 0.3 is 0 Å². The minimum atomic E-state index is 0.661. The number of aromatic nitrogens is 3. The molecule has 0 atom stereocenters. The molecule has 21 heavy (non-hydrogen) atoms. The van der Waals surface area contributed by atoms with Gasteiger partial charge in [-0.25, -0.2) is 9.98 Å². The number of nitrogens with one attached hydrogen (secondary N) is 2. The summed E-state index contributed by atoms with van der Waals surface area (Å²) in [6.07, 6.45) is 3.74. The quantitative estimate of drug-likeness (QED) is 0.630. The van der Waals surface area contributed by atoms with Crippen LogP contribution in [0.15, 0.2) is 23.5 Å². The number of hydrogen-bond donors (Lipinski definition) is 2. The Bertz CT molecular complexity index is 572. The van der Waals surface area contributed by atoms with Gasteiger partial charge in [0.15, 0.2) is 5.96 Å². The Morgan fingerprint density at radius 1 is 1.38 bits per heavy atom. The summed E-state index contributed by atoms with van der Waals surface area (Å²) in [5, 5.41) is 11.8. The first kappa shape index (κ1) is 15.5. The molecular formula is C14H22N6S. The Hall–Kier alpha value is -1.89. The van der Waals surface area contributed by atoms with E-state index in [0.717, 1.165) is 36.3 Å². The van der Waals surface area contributed by atoms with E-state index >= 15 is 0 Å². The van der Waals surface area contributed by atoms with E-state index in [1.165, 1.54) is 4.88 Å². The van der Waals surface area contributed by atoms with E-state index < -0.39 is 0 Å². The number of thiazole rings is 1. The first-order valence-corrected chi connectivity index (χ1v) is 7.93. The van der Waals surface area contributed by atoms with Crippen molar-refractivity contribution in [3.8, 4) is 0 Å². The monoisotopic (exact) mass is 306 g/mol. The summed E-state index contributed by atoms with van der Waals surface area (Å²) in [5.74, 6) is 0.829. The van der Waals surface area contributed by atoms with E-state index in [1.54, 1.807) is 17.5 Å². The highest BCUT2D eigenvalue weighted by Gasteiger charge is 2.04. The maximum atomic E-state index is 4.61. The zero-order valence-electron chi connectivity index (χ0n) is 12.8. The number of rotatable bonds is 6. The molecule has 2 N–H and O–H groups in total. The van der Waals surface area contributed by atoms with E-state index in [2.05, 4.69) is 32.6 Å². The fourth-order valence-electron chi connectivity index (χ4n) is 1.93. The van der Waals surface area contributed by atoms with Crippen LogP contribution >= 0.6 is 11.3 Å². The topological polar surface area (TPSA) is 67.1 Å². The van der Waals surface area contributed by atoms with Gasteiger partial charge in [0.2, 0.25) is 0 Å². The lowest BCUT2D eigenvalue weighted by atomic mass is 10.4. The summed E-state index contributed by atoms with van der Waals surface area (Å²) in [4.78, 5) is 10.3. The van der Waals surface area contributed by atoms with Crippen LogP contribution in [-0.2, 0) is 13.1 Å². The Morgan fingerprint density at radius 2 is 2.24 bits per heavy atom. The molecule has 7 heteroatoms. The zero-order valence-corrected chi connectivity index (χ0v) is 13.6. The highest BCUT2D eigenvalue weighted by atomic mass is 32.1. The molecule has 0 aliphatic heterocycles. The molecule has 0 fully saturated rings. The largest absolute Gasteiger partial charge is 0.357 e. The van der Waals surface area contributed by atoms with Crippen molar-refractivity contribution in [2.45, 2.75) is 33.9 Å². The van der Waals surface area contributed by atoms with Crippen LogP contribution < -0.4 is 10.6 Å². The van der Waals surface area contributed by atoms with Gasteiger partial charge in [0, 0.05) is 30.4 Å². The number of hydrogen-bond acceptors (Lipinski definition) is 4. The number of nitrogens with zero attached hydrogens (tertiary/aromatic N) is 4. The van der Waals surface area contributed by atoms with Crippen molar-refractivity contribution in [2.24, 2.45) is 4.99 Å². The lowest BCUT2D eigenvalue weighted by molar-refractivity contribution is 0.598. The highest BCUT2D eigenvalue weighted by molar-refractivity contribution is 7.11. The maximum absolute atomic E-state index is 4.61. The normalized spacial score (nSPS) is 11.7. The molecule has 6 nitrogen and oxygen atoms in total. The first-order valence-electron chi connectivity index (χ1n) is 7.11. The van der Waals surface area contributed by atoms with Gasteiger partial charge in [0.1, 0.15) is 0 Å². The fraction of sp³-hybridized carbons (Fsp3) is 0.500. The van der Waals surface area contributed by atoms with Gasteiger partial charge in [-0.1, -0.05) is 0 Å². The summed E-state index contributed by atoms with van der Waals surface area (Å²) in [6.45, 7) is 9.23. The lowest BCUT2D eigenvalue weighted by Gasteiger charge is -2.11. The standard InChI is InChI=1S/C14H22N6S/c1-4-15-14(16-7-9-20-8-5-6-18-20)17-10-13-11(2)19-12(3)21-13/h5-6,8H,4,7,9-10H2,1-3H3,(H2,15,16,17). The Morgan fingerprint density at radius 3 is 2.86 bits per heavy atom. The Balaban J connectivity index is 1.88. The van der Waals surface area contributed by atoms with Crippen molar-refractivity contribution >= 4 is 17.3 Å². The molecule has 0 unspecified atom stereocenters. The second kappa shape index (κ2) is 7.78. The molecular weight excluding hydrogens is 284 g/mol. The summed E-state index contributed by atoms with van der Waals surface area (Å²) < 4.78 is 1.90. The third kappa shape index (κ3) is 4.86. The molecule has 0 saturated carbocycles. The molecule has 0 radical (unpaired) electrons. The molecule has 0 bridgehead atoms. The van der Waals surface area contributed by atoms with Crippen LogP contribution in [0.1, 0.15) is 22.5 Å².